The average Bonchev–Trinajstić information content (AvgIpc) is 2.17. The minimum atomic E-state index is -0.467. The van der Waals surface area contributed by atoms with Crippen LogP contribution in [0.2, 0.25) is 0 Å². The number of terminal acetylenes is 1. The Kier molecular flexibility index (Phi) is 3.58. The first kappa shape index (κ1) is 9.57. The molecule has 0 bridgehead atoms. The summed E-state index contributed by atoms with van der Waals surface area (Å²) >= 11 is 0. The third-order valence-electron chi connectivity index (χ3n) is 2.14. The van der Waals surface area contributed by atoms with Crippen molar-refractivity contribution in [2.75, 3.05) is 13.2 Å². The molecule has 1 aliphatic rings. The molecule has 0 aromatic carbocycles. The topological polar surface area (TPSA) is 18.5 Å². The van der Waals surface area contributed by atoms with Crippen molar-refractivity contribution in [2.24, 2.45) is 11.8 Å². The maximum Gasteiger partial charge on any atom is 0.222 e. The molecule has 1 saturated heterocycles. The van der Waals surface area contributed by atoms with Crippen molar-refractivity contribution >= 4 is 0 Å². The van der Waals surface area contributed by atoms with Crippen LogP contribution in [0.25, 0.3) is 0 Å². The van der Waals surface area contributed by atoms with E-state index in [0.29, 0.717) is 19.1 Å². The van der Waals surface area contributed by atoms with Crippen LogP contribution in [-0.2, 0) is 9.47 Å². The first-order valence-corrected chi connectivity index (χ1v) is 4.22. The zero-order valence-corrected chi connectivity index (χ0v) is 7.32. The van der Waals surface area contributed by atoms with Gasteiger partial charge in [0, 0.05) is 5.92 Å². The molecule has 12 heavy (non-hydrogen) atoms. The molecule has 0 N–H and O–H groups in total. The SMILES string of the molecule is [CH]C(CC)C1COC(C#C)OC1. The van der Waals surface area contributed by atoms with Gasteiger partial charge in [-0.1, -0.05) is 13.3 Å². The highest BCUT2D eigenvalue weighted by molar-refractivity contribution is 4.91. The van der Waals surface area contributed by atoms with Crippen LogP contribution in [-0.4, -0.2) is 19.5 Å². The van der Waals surface area contributed by atoms with Crippen LogP contribution in [0.15, 0.2) is 0 Å². The van der Waals surface area contributed by atoms with Gasteiger partial charge in [-0.3, -0.25) is 0 Å². The lowest BCUT2D eigenvalue weighted by atomic mass is 9.93. The van der Waals surface area contributed by atoms with E-state index in [2.05, 4.69) is 12.8 Å². The zero-order valence-electron chi connectivity index (χ0n) is 7.32. The lowest BCUT2D eigenvalue weighted by Gasteiger charge is -2.29. The number of ether oxygens (including phenoxy) is 2. The summed E-state index contributed by atoms with van der Waals surface area (Å²) in [6, 6.07) is 0. The van der Waals surface area contributed by atoms with Gasteiger partial charge >= 0.3 is 0 Å². The van der Waals surface area contributed by atoms with Crippen LogP contribution in [0, 0.1) is 31.1 Å². The van der Waals surface area contributed by atoms with Gasteiger partial charge in [-0.2, -0.15) is 0 Å². The molecule has 0 aliphatic carbocycles. The van der Waals surface area contributed by atoms with E-state index in [4.69, 9.17) is 22.8 Å². The highest BCUT2D eigenvalue weighted by Crippen LogP contribution is 2.20. The van der Waals surface area contributed by atoms with Gasteiger partial charge in [0.2, 0.25) is 6.29 Å². The normalized spacial score (nSPS) is 32.4. The second-order valence-electron chi connectivity index (χ2n) is 3.00. The first-order valence-electron chi connectivity index (χ1n) is 4.22. The second kappa shape index (κ2) is 4.49. The van der Waals surface area contributed by atoms with Crippen molar-refractivity contribution in [3.05, 3.63) is 6.92 Å². The van der Waals surface area contributed by atoms with E-state index < -0.39 is 6.29 Å². The lowest BCUT2D eigenvalue weighted by Crippen LogP contribution is -2.34. The van der Waals surface area contributed by atoms with Crippen LogP contribution in [0.5, 0.6) is 0 Å². The van der Waals surface area contributed by atoms with Gasteiger partial charge < -0.3 is 9.47 Å². The Morgan fingerprint density at radius 1 is 1.50 bits per heavy atom. The van der Waals surface area contributed by atoms with E-state index >= 15 is 0 Å². The van der Waals surface area contributed by atoms with Crippen molar-refractivity contribution in [1.82, 2.24) is 0 Å². The quantitative estimate of drug-likeness (QED) is 0.576. The van der Waals surface area contributed by atoms with E-state index in [1.54, 1.807) is 0 Å². The average molecular weight is 166 g/mol. The van der Waals surface area contributed by atoms with E-state index in [1.165, 1.54) is 0 Å². The zero-order chi connectivity index (χ0) is 8.97. The molecule has 2 nitrogen and oxygen atoms in total. The Bertz CT molecular complexity index is 163. The Labute approximate surface area is 74.2 Å². The van der Waals surface area contributed by atoms with Crippen LogP contribution < -0.4 is 0 Å². The molecule has 0 aromatic heterocycles. The van der Waals surface area contributed by atoms with Crippen molar-refractivity contribution in [3.8, 4) is 12.3 Å². The molecule has 1 rings (SSSR count). The number of hydrogen-bond acceptors (Lipinski definition) is 2. The minimum Gasteiger partial charge on any atom is -0.342 e. The Hall–Kier alpha value is -0.520. The molecule has 0 amide bonds. The lowest BCUT2D eigenvalue weighted by molar-refractivity contribution is -0.175. The Morgan fingerprint density at radius 3 is 2.50 bits per heavy atom. The monoisotopic (exact) mass is 166 g/mol. The standard InChI is InChI=1S/C10H14O2/c1-4-8(3)9-6-11-10(5-2)12-7-9/h2-3,8-10H,4,6-7H2,1H3. The fraction of sp³-hybridized carbons (Fsp3) is 0.700. The summed E-state index contributed by atoms with van der Waals surface area (Å²) in [6.07, 6.45) is 5.60. The fourth-order valence-corrected chi connectivity index (χ4v) is 1.19. The smallest absolute Gasteiger partial charge is 0.222 e. The van der Waals surface area contributed by atoms with E-state index in [9.17, 15) is 0 Å². The van der Waals surface area contributed by atoms with E-state index in [0.717, 1.165) is 6.42 Å². The molecule has 0 saturated carbocycles. The second-order valence-corrected chi connectivity index (χ2v) is 3.00. The number of rotatable bonds is 2. The molecular weight excluding hydrogens is 152 g/mol. The van der Waals surface area contributed by atoms with E-state index in [-0.39, 0.29) is 5.92 Å². The summed E-state index contributed by atoms with van der Waals surface area (Å²) in [6.45, 7) is 9.11. The molecule has 1 fully saturated rings. The van der Waals surface area contributed by atoms with Crippen molar-refractivity contribution in [2.45, 2.75) is 19.6 Å². The van der Waals surface area contributed by atoms with Gasteiger partial charge in [0.1, 0.15) is 0 Å². The molecule has 1 aliphatic heterocycles. The molecule has 1 heterocycles. The maximum atomic E-state index is 5.82. The predicted molar refractivity (Wildman–Crippen MR) is 46.1 cm³/mol. The summed E-state index contributed by atoms with van der Waals surface area (Å²) in [4.78, 5) is 0. The van der Waals surface area contributed by atoms with Crippen LogP contribution in [0.4, 0.5) is 0 Å². The fourth-order valence-electron chi connectivity index (χ4n) is 1.19. The summed E-state index contributed by atoms with van der Waals surface area (Å²) in [7, 11) is 0. The Morgan fingerprint density at radius 2 is 2.08 bits per heavy atom. The van der Waals surface area contributed by atoms with Crippen LogP contribution in [0.3, 0.4) is 0 Å². The van der Waals surface area contributed by atoms with Gasteiger partial charge in [0.15, 0.2) is 0 Å². The maximum absolute atomic E-state index is 5.82. The first-order chi connectivity index (χ1) is 5.77. The highest BCUT2D eigenvalue weighted by atomic mass is 16.7. The van der Waals surface area contributed by atoms with Gasteiger partial charge in [0.05, 0.1) is 13.2 Å². The largest absolute Gasteiger partial charge is 0.342 e. The third-order valence-corrected chi connectivity index (χ3v) is 2.14. The van der Waals surface area contributed by atoms with Crippen molar-refractivity contribution in [1.29, 1.82) is 0 Å². The summed E-state index contributed by atoms with van der Waals surface area (Å²) in [5.74, 6) is 2.84. The predicted octanol–water partition coefficient (Wildman–Crippen LogP) is 1.35. The summed E-state index contributed by atoms with van der Waals surface area (Å²) < 4.78 is 10.4. The summed E-state index contributed by atoms with van der Waals surface area (Å²) in [5.41, 5.74) is 0. The van der Waals surface area contributed by atoms with Crippen molar-refractivity contribution < 1.29 is 9.47 Å². The number of hydrogen-bond donors (Lipinski definition) is 0. The molecular formula is C10H14O2. The van der Waals surface area contributed by atoms with Gasteiger partial charge in [0.25, 0.3) is 0 Å². The van der Waals surface area contributed by atoms with Crippen LogP contribution in [0.1, 0.15) is 13.3 Å². The highest BCUT2D eigenvalue weighted by Gasteiger charge is 2.24. The molecule has 0 aromatic rings. The third kappa shape index (κ3) is 2.23. The minimum absolute atomic E-state index is 0.156. The molecule has 2 heteroatoms. The molecule has 66 valence electrons. The van der Waals surface area contributed by atoms with Gasteiger partial charge in [-0.25, -0.2) is 0 Å². The molecule has 1 atom stereocenters. The van der Waals surface area contributed by atoms with E-state index in [1.807, 2.05) is 0 Å². The van der Waals surface area contributed by atoms with Crippen LogP contribution >= 0.6 is 0 Å². The molecule has 1 unspecified atom stereocenters. The van der Waals surface area contributed by atoms with Gasteiger partial charge in [-0.05, 0) is 18.8 Å². The molecule has 2 radical (unpaired) electrons. The molecule has 0 spiro atoms. The van der Waals surface area contributed by atoms with Gasteiger partial charge in [-0.15, -0.1) is 6.42 Å². The summed E-state index contributed by atoms with van der Waals surface area (Å²) in [5, 5.41) is 0. The van der Waals surface area contributed by atoms with Crippen molar-refractivity contribution in [3.63, 3.8) is 0 Å². The Balaban J connectivity index is 2.31.